The predicted octanol–water partition coefficient (Wildman–Crippen LogP) is 1.47. The first kappa shape index (κ1) is 14.9. The maximum Gasteiger partial charge on any atom is 0.358 e. The van der Waals surface area contributed by atoms with E-state index >= 15 is 0 Å². The van der Waals surface area contributed by atoms with Gasteiger partial charge in [0.1, 0.15) is 15.9 Å². The molecule has 1 heterocycles. The zero-order valence-corrected chi connectivity index (χ0v) is 12.6. The molecule has 0 aliphatic heterocycles. The molecular formula is C13H10N4O5S. The number of aryl methyl sites for hydroxylation is 1. The number of aromatic nitrogens is 3. The Balaban J connectivity index is 2.02. The van der Waals surface area contributed by atoms with Crippen LogP contribution in [0.15, 0.2) is 47.4 Å². The van der Waals surface area contributed by atoms with Gasteiger partial charge in [0.25, 0.3) is 5.69 Å². The lowest BCUT2D eigenvalue weighted by atomic mass is 10.2. The summed E-state index contributed by atoms with van der Waals surface area (Å²) in [6.45, 7) is 1.82. The SMILES string of the molecule is Cc1ccc(S(=O)(=O)On2nnc3ccc([N+](=O)[O-])cc32)cc1. The topological polar surface area (TPSA) is 117 Å². The summed E-state index contributed by atoms with van der Waals surface area (Å²) in [4.78, 5) is 10.8. The summed E-state index contributed by atoms with van der Waals surface area (Å²) in [6.07, 6.45) is 0. The second-order valence-electron chi connectivity index (χ2n) is 4.73. The molecule has 0 amide bonds. The lowest BCUT2D eigenvalue weighted by molar-refractivity contribution is -0.384. The Morgan fingerprint density at radius 2 is 1.87 bits per heavy atom. The largest absolute Gasteiger partial charge is 0.358 e. The molecule has 0 atom stereocenters. The van der Waals surface area contributed by atoms with Gasteiger partial charge >= 0.3 is 10.1 Å². The third kappa shape index (κ3) is 2.83. The van der Waals surface area contributed by atoms with Crippen LogP contribution in [0.4, 0.5) is 5.69 Å². The molecule has 0 saturated heterocycles. The molecule has 0 fully saturated rings. The fraction of sp³-hybridized carbons (Fsp3) is 0.0769. The van der Waals surface area contributed by atoms with Gasteiger partial charge in [0.05, 0.1) is 4.92 Å². The molecule has 3 rings (SSSR count). The van der Waals surface area contributed by atoms with E-state index in [1.165, 1.54) is 24.3 Å². The van der Waals surface area contributed by atoms with Crippen LogP contribution in [0.1, 0.15) is 5.56 Å². The molecule has 23 heavy (non-hydrogen) atoms. The number of fused-ring (bicyclic) bond motifs is 1. The maximum absolute atomic E-state index is 12.2. The molecule has 118 valence electrons. The predicted molar refractivity (Wildman–Crippen MR) is 79.1 cm³/mol. The molecular weight excluding hydrogens is 324 g/mol. The Kier molecular flexibility index (Phi) is 3.45. The van der Waals surface area contributed by atoms with Gasteiger partial charge in [0.15, 0.2) is 0 Å². The number of nitro benzene ring substituents is 1. The van der Waals surface area contributed by atoms with Crippen molar-refractivity contribution in [2.45, 2.75) is 11.8 Å². The third-order valence-corrected chi connectivity index (χ3v) is 4.27. The summed E-state index contributed by atoms with van der Waals surface area (Å²) in [6, 6.07) is 9.79. The van der Waals surface area contributed by atoms with Crippen molar-refractivity contribution in [3.05, 3.63) is 58.1 Å². The summed E-state index contributed by atoms with van der Waals surface area (Å²) >= 11 is 0. The fourth-order valence-electron chi connectivity index (χ4n) is 1.90. The van der Waals surface area contributed by atoms with Gasteiger partial charge in [-0.25, -0.2) is 0 Å². The Hall–Kier alpha value is -3.01. The van der Waals surface area contributed by atoms with Gasteiger partial charge in [-0.2, -0.15) is 8.42 Å². The Morgan fingerprint density at radius 3 is 2.52 bits per heavy atom. The van der Waals surface area contributed by atoms with Gasteiger partial charge in [-0.1, -0.05) is 22.5 Å². The summed E-state index contributed by atoms with van der Waals surface area (Å²) in [5, 5.41) is 18.1. The van der Waals surface area contributed by atoms with Gasteiger partial charge in [0, 0.05) is 12.1 Å². The van der Waals surface area contributed by atoms with E-state index in [1.54, 1.807) is 12.1 Å². The lowest BCUT2D eigenvalue weighted by Crippen LogP contribution is -2.21. The number of hydrogen-bond donors (Lipinski definition) is 0. The van der Waals surface area contributed by atoms with Crippen molar-refractivity contribution in [1.82, 2.24) is 15.2 Å². The highest BCUT2D eigenvalue weighted by Crippen LogP contribution is 2.19. The molecule has 10 heteroatoms. The highest BCUT2D eigenvalue weighted by Gasteiger charge is 2.20. The number of rotatable bonds is 4. The van der Waals surface area contributed by atoms with Crippen LogP contribution < -0.4 is 4.28 Å². The number of nitro groups is 1. The van der Waals surface area contributed by atoms with Crippen molar-refractivity contribution in [3.63, 3.8) is 0 Å². The average molecular weight is 334 g/mol. The second-order valence-corrected chi connectivity index (χ2v) is 6.26. The van der Waals surface area contributed by atoms with E-state index in [-0.39, 0.29) is 21.6 Å². The first-order valence-corrected chi connectivity index (χ1v) is 7.79. The molecule has 0 bridgehead atoms. The van der Waals surface area contributed by atoms with Gasteiger partial charge < -0.3 is 0 Å². The monoisotopic (exact) mass is 334 g/mol. The number of nitrogens with zero attached hydrogens (tertiary/aromatic N) is 4. The van der Waals surface area contributed by atoms with Gasteiger partial charge in [-0.3, -0.25) is 14.4 Å². The maximum atomic E-state index is 12.2. The number of hydrogen-bond acceptors (Lipinski definition) is 7. The van der Waals surface area contributed by atoms with E-state index < -0.39 is 15.0 Å². The van der Waals surface area contributed by atoms with Crippen LogP contribution in [0.5, 0.6) is 0 Å². The molecule has 2 aromatic carbocycles. The lowest BCUT2D eigenvalue weighted by Gasteiger charge is -2.06. The van der Waals surface area contributed by atoms with Crippen LogP contribution in [0.25, 0.3) is 11.0 Å². The molecule has 3 aromatic rings. The van der Waals surface area contributed by atoms with Gasteiger partial charge in [-0.05, 0) is 30.3 Å². The van der Waals surface area contributed by atoms with E-state index in [4.69, 9.17) is 4.28 Å². The third-order valence-electron chi connectivity index (χ3n) is 3.09. The van der Waals surface area contributed by atoms with Crippen LogP contribution in [0, 0.1) is 17.0 Å². The molecule has 9 nitrogen and oxygen atoms in total. The summed E-state index contributed by atoms with van der Waals surface area (Å²) in [5.74, 6) is 0. The average Bonchev–Trinajstić information content (AvgIpc) is 2.89. The normalized spacial score (nSPS) is 11.5. The van der Waals surface area contributed by atoms with Crippen molar-refractivity contribution in [2.75, 3.05) is 0 Å². The minimum atomic E-state index is -4.13. The molecule has 0 aliphatic rings. The zero-order chi connectivity index (χ0) is 16.6. The number of non-ortho nitro benzene ring substituents is 1. The highest BCUT2D eigenvalue weighted by atomic mass is 32.2. The Morgan fingerprint density at radius 1 is 1.17 bits per heavy atom. The van der Waals surface area contributed by atoms with Crippen molar-refractivity contribution in [1.29, 1.82) is 0 Å². The zero-order valence-electron chi connectivity index (χ0n) is 11.8. The molecule has 0 aliphatic carbocycles. The standard InChI is InChI=1S/C13H10N4O5S/c1-9-2-5-11(6-3-9)23(20,21)22-16-13-8-10(17(18)19)4-7-12(13)14-15-16/h2-8H,1H3. The molecule has 0 unspecified atom stereocenters. The molecule has 0 radical (unpaired) electrons. The first-order valence-electron chi connectivity index (χ1n) is 6.38. The minimum absolute atomic E-state index is 0.0582. The van der Waals surface area contributed by atoms with Crippen LogP contribution >= 0.6 is 0 Å². The van der Waals surface area contributed by atoms with E-state index in [2.05, 4.69) is 10.3 Å². The molecule has 1 aromatic heterocycles. The summed E-state index contributed by atoms with van der Waals surface area (Å²) < 4.78 is 29.4. The van der Waals surface area contributed by atoms with Crippen LogP contribution in [0.2, 0.25) is 0 Å². The smallest absolute Gasteiger partial charge is 0.264 e. The number of benzene rings is 2. The van der Waals surface area contributed by atoms with Crippen LogP contribution in [-0.4, -0.2) is 28.5 Å². The quantitative estimate of drug-likeness (QED) is 0.523. The fourth-order valence-corrected chi connectivity index (χ4v) is 2.75. The van der Waals surface area contributed by atoms with Gasteiger partial charge in [0.2, 0.25) is 0 Å². The minimum Gasteiger partial charge on any atom is -0.264 e. The molecule has 0 spiro atoms. The van der Waals surface area contributed by atoms with E-state index in [0.717, 1.165) is 11.6 Å². The van der Waals surface area contributed by atoms with Crippen molar-refractivity contribution in [3.8, 4) is 0 Å². The van der Waals surface area contributed by atoms with Crippen molar-refractivity contribution in [2.24, 2.45) is 0 Å². The molecule has 0 N–H and O–H groups in total. The van der Waals surface area contributed by atoms with Gasteiger partial charge in [-0.15, -0.1) is 5.10 Å². The second kappa shape index (κ2) is 5.32. The highest BCUT2D eigenvalue weighted by molar-refractivity contribution is 7.87. The van der Waals surface area contributed by atoms with Crippen LogP contribution in [0.3, 0.4) is 0 Å². The van der Waals surface area contributed by atoms with E-state index in [9.17, 15) is 18.5 Å². The van der Waals surface area contributed by atoms with Crippen molar-refractivity contribution < 1.29 is 17.6 Å². The Labute approximate surface area is 130 Å². The first-order chi connectivity index (χ1) is 10.9. The van der Waals surface area contributed by atoms with Crippen LogP contribution in [-0.2, 0) is 10.1 Å². The van der Waals surface area contributed by atoms with E-state index in [1.807, 2.05) is 6.92 Å². The Bertz CT molecular complexity index is 995. The summed E-state index contributed by atoms with van der Waals surface area (Å²) in [5.41, 5.74) is 1.02. The summed E-state index contributed by atoms with van der Waals surface area (Å²) in [7, 11) is -4.13. The van der Waals surface area contributed by atoms with Crippen molar-refractivity contribution >= 4 is 26.8 Å². The van der Waals surface area contributed by atoms with E-state index in [0.29, 0.717) is 4.85 Å². The molecule has 0 saturated carbocycles.